The van der Waals surface area contributed by atoms with Crippen LogP contribution in [0, 0.1) is 0 Å². The molecule has 0 bridgehead atoms. The van der Waals surface area contributed by atoms with E-state index in [1.54, 1.807) is 18.2 Å². The molecule has 3 aromatic rings. The maximum absolute atomic E-state index is 10.4. The molecule has 5 heteroatoms. The summed E-state index contributed by atoms with van der Waals surface area (Å²) in [6.07, 6.45) is 4.88. The molecule has 150 valence electrons. The van der Waals surface area contributed by atoms with Gasteiger partial charge >= 0.3 is 0 Å². The van der Waals surface area contributed by atoms with E-state index >= 15 is 0 Å². The van der Waals surface area contributed by atoms with Gasteiger partial charge in [-0.25, -0.2) is 0 Å². The van der Waals surface area contributed by atoms with E-state index in [-0.39, 0.29) is 23.0 Å². The lowest BCUT2D eigenvalue weighted by Gasteiger charge is -2.11. The van der Waals surface area contributed by atoms with Gasteiger partial charge in [0.2, 0.25) is 0 Å². The fourth-order valence-electron chi connectivity index (χ4n) is 3.19. The van der Waals surface area contributed by atoms with Gasteiger partial charge in [-0.05, 0) is 60.3 Å². The monoisotopic (exact) mass is 391 g/mol. The van der Waals surface area contributed by atoms with Crippen molar-refractivity contribution in [1.29, 1.82) is 0 Å². The smallest absolute Gasteiger partial charge is 0.161 e. The Morgan fingerprint density at radius 1 is 0.724 bits per heavy atom. The van der Waals surface area contributed by atoms with Crippen LogP contribution in [0.2, 0.25) is 0 Å². The van der Waals surface area contributed by atoms with E-state index in [1.165, 1.54) is 23.8 Å². The van der Waals surface area contributed by atoms with Crippen LogP contribution in [0.4, 0.5) is 0 Å². The Labute approximate surface area is 170 Å². The second kappa shape index (κ2) is 9.17. The number of aromatic hydroxyl groups is 4. The number of hydrogen-bond acceptors (Lipinski definition) is 5. The molecule has 29 heavy (non-hydrogen) atoms. The number of phenols is 4. The van der Waals surface area contributed by atoms with Crippen molar-refractivity contribution in [3.05, 3.63) is 82.4 Å². The summed E-state index contributed by atoms with van der Waals surface area (Å²) in [5, 5.41) is 42.5. The average Bonchev–Trinajstić information content (AvgIpc) is 2.72. The Balaban J connectivity index is 1.81. The number of nitrogens with one attached hydrogen (secondary N) is 1. The van der Waals surface area contributed by atoms with Crippen molar-refractivity contribution in [3.8, 4) is 23.0 Å². The Morgan fingerprint density at radius 3 is 2.10 bits per heavy atom. The molecule has 3 rings (SSSR count). The van der Waals surface area contributed by atoms with Gasteiger partial charge in [0.15, 0.2) is 23.0 Å². The molecule has 0 aromatic heterocycles. The van der Waals surface area contributed by atoms with Gasteiger partial charge in [0.05, 0.1) is 0 Å². The Morgan fingerprint density at radius 2 is 1.41 bits per heavy atom. The Bertz CT molecular complexity index is 1010. The van der Waals surface area contributed by atoms with Gasteiger partial charge in [-0.3, -0.25) is 0 Å². The van der Waals surface area contributed by atoms with Gasteiger partial charge in [-0.15, -0.1) is 0 Å². The van der Waals surface area contributed by atoms with E-state index in [2.05, 4.69) is 29.6 Å². The zero-order valence-corrected chi connectivity index (χ0v) is 16.3. The minimum Gasteiger partial charge on any atom is -0.504 e. The lowest BCUT2D eigenvalue weighted by Crippen LogP contribution is -2.04. The van der Waals surface area contributed by atoms with Crippen molar-refractivity contribution in [2.24, 2.45) is 0 Å². The molecule has 5 N–H and O–H groups in total. The molecule has 0 fully saturated rings. The fraction of sp³-hybridized carbons (Fsp3) is 0.167. The van der Waals surface area contributed by atoms with E-state index in [4.69, 9.17) is 0 Å². The fourth-order valence-corrected chi connectivity index (χ4v) is 3.19. The normalized spacial score (nSPS) is 11.2. The molecular formula is C24H25NO4. The molecule has 0 unspecified atom stereocenters. The first-order valence-corrected chi connectivity index (χ1v) is 9.44. The number of hydrogen-bond donors (Lipinski definition) is 5. The molecular weight excluding hydrogens is 366 g/mol. The first-order chi connectivity index (χ1) is 14.0. The third-order valence-electron chi connectivity index (χ3n) is 4.82. The van der Waals surface area contributed by atoms with Crippen LogP contribution in [-0.4, -0.2) is 27.5 Å². The maximum atomic E-state index is 10.4. The Hall–Kier alpha value is -3.44. The van der Waals surface area contributed by atoms with Crippen molar-refractivity contribution < 1.29 is 20.4 Å². The topological polar surface area (TPSA) is 93.0 Å². The van der Waals surface area contributed by atoms with Crippen molar-refractivity contribution >= 4 is 12.2 Å². The molecule has 0 radical (unpaired) electrons. The highest BCUT2D eigenvalue weighted by Gasteiger charge is 2.11. The molecule has 0 saturated carbocycles. The average molecular weight is 391 g/mol. The van der Waals surface area contributed by atoms with Crippen LogP contribution >= 0.6 is 0 Å². The van der Waals surface area contributed by atoms with Crippen LogP contribution in [0.3, 0.4) is 0 Å². The zero-order chi connectivity index (χ0) is 20.8. The van der Waals surface area contributed by atoms with E-state index in [0.29, 0.717) is 17.5 Å². The molecule has 5 nitrogen and oxygen atoms in total. The van der Waals surface area contributed by atoms with Crippen LogP contribution in [0.1, 0.15) is 27.8 Å². The van der Waals surface area contributed by atoms with E-state index in [0.717, 1.165) is 24.1 Å². The largest absolute Gasteiger partial charge is 0.504 e. The summed E-state index contributed by atoms with van der Waals surface area (Å²) >= 11 is 0. The third-order valence-corrected chi connectivity index (χ3v) is 4.82. The zero-order valence-electron chi connectivity index (χ0n) is 16.3. The molecule has 0 spiro atoms. The van der Waals surface area contributed by atoms with Crippen molar-refractivity contribution in [3.63, 3.8) is 0 Å². The van der Waals surface area contributed by atoms with E-state index < -0.39 is 0 Å². The van der Waals surface area contributed by atoms with Crippen LogP contribution in [-0.2, 0) is 19.4 Å². The molecule has 0 atom stereocenters. The summed E-state index contributed by atoms with van der Waals surface area (Å²) in [5.41, 5.74) is 4.49. The maximum Gasteiger partial charge on any atom is 0.161 e. The molecule has 0 aliphatic carbocycles. The number of aryl methyl sites for hydroxylation is 1. The lowest BCUT2D eigenvalue weighted by molar-refractivity contribution is 0.399. The summed E-state index contributed by atoms with van der Waals surface area (Å²) in [5.74, 6) is -0.634. The van der Waals surface area contributed by atoms with Crippen LogP contribution < -0.4 is 5.32 Å². The first kappa shape index (κ1) is 20.3. The van der Waals surface area contributed by atoms with Crippen LogP contribution in [0.5, 0.6) is 23.0 Å². The molecule has 0 aliphatic rings. The lowest BCUT2D eigenvalue weighted by atomic mass is 9.97. The van der Waals surface area contributed by atoms with Gasteiger partial charge in [0.1, 0.15) is 0 Å². The summed E-state index contributed by atoms with van der Waals surface area (Å²) < 4.78 is 0. The van der Waals surface area contributed by atoms with E-state index in [1.807, 2.05) is 13.1 Å². The highest BCUT2D eigenvalue weighted by Crippen LogP contribution is 2.34. The second-order valence-corrected chi connectivity index (χ2v) is 6.93. The second-order valence-electron chi connectivity index (χ2n) is 6.93. The highest BCUT2D eigenvalue weighted by atomic mass is 16.3. The molecule has 3 aromatic carbocycles. The predicted molar refractivity (Wildman–Crippen MR) is 115 cm³/mol. The highest BCUT2D eigenvalue weighted by molar-refractivity contribution is 5.74. The number of rotatable bonds is 7. The minimum absolute atomic E-state index is 0.118. The summed E-state index contributed by atoms with van der Waals surface area (Å²) in [6.45, 7) is 0.815. The number of benzene rings is 3. The molecule has 0 heterocycles. The standard InChI is InChI=1S/C24H25NO4/c1-25-15-18-4-2-16(3-5-18)7-11-20-19(10-13-22(27)24(20)29)9-6-17-8-12-21(26)23(28)14-17/h2-6,8-10,12-14,25-29H,7,11,15H2,1H3. The van der Waals surface area contributed by atoms with Gasteiger partial charge in [0, 0.05) is 12.1 Å². The molecule has 0 aliphatic heterocycles. The van der Waals surface area contributed by atoms with Gasteiger partial charge in [-0.2, -0.15) is 0 Å². The minimum atomic E-state index is -0.192. The van der Waals surface area contributed by atoms with Crippen LogP contribution in [0.25, 0.3) is 12.2 Å². The van der Waals surface area contributed by atoms with Gasteiger partial charge in [-0.1, -0.05) is 48.6 Å². The Kier molecular flexibility index (Phi) is 6.42. The summed E-state index contributed by atoms with van der Waals surface area (Å²) in [7, 11) is 1.91. The number of phenolic OH excluding ortho intramolecular Hbond substituents is 4. The van der Waals surface area contributed by atoms with Gasteiger partial charge in [0.25, 0.3) is 0 Å². The summed E-state index contributed by atoms with van der Waals surface area (Å²) in [4.78, 5) is 0. The first-order valence-electron chi connectivity index (χ1n) is 9.44. The van der Waals surface area contributed by atoms with Crippen molar-refractivity contribution in [2.75, 3.05) is 7.05 Å². The molecule has 0 saturated heterocycles. The van der Waals surface area contributed by atoms with Crippen molar-refractivity contribution in [2.45, 2.75) is 19.4 Å². The third kappa shape index (κ3) is 5.09. The van der Waals surface area contributed by atoms with Crippen molar-refractivity contribution in [1.82, 2.24) is 5.32 Å². The quantitative estimate of drug-likeness (QED) is 0.308. The van der Waals surface area contributed by atoms with Crippen LogP contribution in [0.15, 0.2) is 54.6 Å². The summed E-state index contributed by atoms with van der Waals surface area (Å²) in [6, 6.07) is 16.1. The SMILES string of the molecule is CNCc1ccc(CCc2c(C=Cc3ccc(O)c(O)c3)ccc(O)c2O)cc1. The molecule has 0 amide bonds. The van der Waals surface area contributed by atoms with Gasteiger partial charge < -0.3 is 25.7 Å². The van der Waals surface area contributed by atoms with E-state index in [9.17, 15) is 20.4 Å². The predicted octanol–water partition coefficient (Wildman–Crippen LogP) is 4.18.